The Kier molecular flexibility index (Phi) is 6.36. The molecule has 29 heavy (non-hydrogen) atoms. The number of benzene rings is 1. The molecule has 6 nitrogen and oxygen atoms in total. The molecule has 0 aliphatic carbocycles. The number of amides is 1. The molecular weight excluding hydrogens is 384 g/mol. The SMILES string of the molecule is Cc1csc(-c2nc(C(=O)NCCC3CCN(Cc4ccccc4)CC3)no2)c1. The number of hydrogen-bond donors (Lipinski definition) is 1. The van der Waals surface area contributed by atoms with Crippen LogP contribution in [0.2, 0.25) is 0 Å². The Hall–Kier alpha value is -2.51. The first-order valence-electron chi connectivity index (χ1n) is 10.1. The molecule has 1 fully saturated rings. The molecular formula is C22H26N4O2S. The highest BCUT2D eigenvalue weighted by atomic mass is 32.1. The van der Waals surface area contributed by atoms with Gasteiger partial charge in [-0.2, -0.15) is 4.98 Å². The van der Waals surface area contributed by atoms with Crippen molar-refractivity contribution in [1.82, 2.24) is 20.4 Å². The summed E-state index contributed by atoms with van der Waals surface area (Å²) in [4.78, 5) is 19.9. The van der Waals surface area contributed by atoms with E-state index in [0.29, 0.717) is 18.4 Å². The summed E-state index contributed by atoms with van der Waals surface area (Å²) in [7, 11) is 0. The number of aromatic nitrogens is 2. The van der Waals surface area contributed by atoms with Gasteiger partial charge in [-0.05, 0) is 67.8 Å². The van der Waals surface area contributed by atoms with Crippen LogP contribution in [0, 0.1) is 12.8 Å². The third-order valence-corrected chi connectivity index (χ3v) is 6.40. The maximum Gasteiger partial charge on any atom is 0.292 e. The van der Waals surface area contributed by atoms with E-state index in [9.17, 15) is 4.79 Å². The van der Waals surface area contributed by atoms with Crippen molar-refractivity contribution in [2.75, 3.05) is 19.6 Å². The van der Waals surface area contributed by atoms with E-state index in [1.807, 2.05) is 18.4 Å². The second kappa shape index (κ2) is 9.33. The Morgan fingerprint density at radius 1 is 1.28 bits per heavy atom. The Bertz CT molecular complexity index is 929. The number of carbonyl (C=O) groups is 1. The molecule has 1 amide bonds. The predicted molar refractivity (Wildman–Crippen MR) is 114 cm³/mol. The zero-order valence-corrected chi connectivity index (χ0v) is 17.5. The summed E-state index contributed by atoms with van der Waals surface area (Å²) in [6, 6.07) is 12.6. The van der Waals surface area contributed by atoms with Gasteiger partial charge in [0.15, 0.2) is 0 Å². The number of rotatable bonds is 7. The van der Waals surface area contributed by atoms with E-state index in [0.717, 1.165) is 36.5 Å². The van der Waals surface area contributed by atoms with Gasteiger partial charge in [-0.3, -0.25) is 9.69 Å². The number of hydrogen-bond acceptors (Lipinski definition) is 6. The molecule has 1 aromatic carbocycles. The number of aryl methyl sites for hydroxylation is 1. The minimum absolute atomic E-state index is 0.101. The monoisotopic (exact) mass is 410 g/mol. The van der Waals surface area contributed by atoms with Crippen LogP contribution in [-0.2, 0) is 6.54 Å². The predicted octanol–water partition coefficient (Wildman–Crippen LogP) is 4.14. The second-order valence-electron chi connectivity index (χ2n) is 7.66. The van der Waals surface area contributed by atoms with Crippen molar-refractivity contribution < 1.29 is 9.32 Å². The Balaban J connectivity index is 1.18. The number of thiophene rings is 1. The first kappa shape index (κ1) is 19.8. The second-order valence-corrected chi connectivity index (χ2v) is 8.57. The smallest absolute Gasteiger partial charge is 0.292 e. The van der Waals surface area contributed by atoms with E-state index in [1.54, 1.807) is 0 Å². The molecule has 3 aromatic rings. The van der Waals surface area contributed by atoms with Crippen LogP contribution in [-0.4, -0.2) is 40.6 Å². The molecule has 0 bridgehead atoms. The zero-order chi connectivity index (χ0) is 20.1. The Morgan fingerprint density at radius 3 is 2.79 bits per heavy atom. The van der Waals surface area contributed by atoms with E-state index < -0.39 is 0 Å². The van der Waals surface area contributed by atoms with Gasteiger partial charge < -0.3 is 9.84 Å². The van der Waals surface area contributed by atoms with Gasteiger partial charge in [-0.25, -0.2) is 0 Å². The summed E-state index contributed by atoms with van der Waals surface area (Å²) < 4.78 is 5.23. The molecule has 1 saturated heterocycles. The number of carbonyl (C=O) groups excluding carboxylic acids is 1. The fourth-order valence-electron chi connectivity index (χ4n) is 3.70. The van der Waals surface area contributed by atoms with Crippen LogP contribution < -0.4 is 5.32 Å². The number of nitrogens with zero attached hydrogens (tertiary/aromatic N) is 3. The van der Waals surface area contributed by atoms with E-state index in [1.165, 1.54) is 29.7 Å². The van der Waals surface area contributed by atoms with Crippen LogP contribution in [0.5, 0.6) is 0 Å². The minimum Gasteiger partial charge on any atom is -0.349 e. The van der Waals surface area contributed by atoms with Gasteiger partial charge in [0, 0.05) is 13.1 Å². The lowest BCUT2D eigenvalue weighted by molar-refractivity contribution is 0.0934. The normalized spacial score (nSPS) is 15.5. The minimum atomic E-state index is -0.269. The molecule has 0 unspecified atom stereocenters. The third kappa shape index (κ3) is 5.31. The fourth-order valence-corrected chi connectivity index (χ4v) is 4.52. The van der Waals surface area contributed by atoms with Gasteiger partial charge in [-0.1, -0.05) is 35.5 Å². The van der Waals surface area contributed by atoms with E-state index in [4.69, 9.17) is 4.52 Å². The average Bonchev–Trinajstić information content (AvgIpc) is 3.39. The van der Waals surface area contributed by atoms with Crippen molar-refractivity contribution in [3.05, 3.63) is 58.7 Å². The summed E-state index contributed by atoms with van der Waals surface area (Å²) >= 11 is 1.53. The van der Waals surface area contributed by atoms with Crippen LogP contribution in [0.15, 0.2) is 46.3 Å². The number of nitrogens with one attached hydrogen (secondary N) is 1. The Labute approximate surface area is 174 Å². The molecule has 0 atom stereocenters. The van der Waals surface area contributed by atoms with Gasteiger partial charge >= 0.3 is 0 Å². The molecule has 1 N–H and O–H groups in total. The van der Waals surface area contributed by atoms with Crippen molar-refractivity contribution in [3.8, 4) is 10.8 Å². The van der Waals surface area contributed by atoms with Crippen LogP contribution >= 0.6 is 11.3 Å². The summed E-state index contributed by atoms with van der Waals surface area (Å²) in [6.07, 6.45) is 3.33. The highest BCUT2D eigenvalue weighted by molar-refractivity contribution is 7.13. The van der Waals surface area contributed by atoms with Crippen LogP contribution in [0.4, 0.5) is 0 Å². The quantitative estimate of drug-likeness (QED) is 0.634. The van der Waals surface area contributed by atoms with Gasteiger partial charge in [0.05, 0.1) is 4.88 Å². The van der Waals surface area contributed by atoms with Crippen LogP contribution in [0.1, 0.15) is 41.0 Å². The van der Waals surface area contributed by atoms with Crippen molar-refractivity contribution >= 4 is 17.2 Å². The van der Waals surface area contributed by atoms with Gasteiger partial charge in [0.25, 0.3) is 17.6 Å². The van der Waals surface area contributed by atoms with E-state index >= 15 is 0 Å². The first-order valence-corrected chi connectivity index (χ1v) is 11.0. The highest BCUT2D eigenvalue weighted by Crippen LogP contribution is 2.25. The number of piperidine rings is 1. The summed E-state index contributed by atoms with van der Waals surface area (Å²) in [5.41, 5.74) is 2.51. The lowest BCUT2D eigenvalue weighted by Gasteiger charge is -2.32. The summed E-state index contributed by atoms with van der Waals surface area (Å²) in [5.74, 6) is 0.884. The maximum atomic E-state index is 12.3. The van der Waals surface area contributed by atoms with Crippen molar-refractivity contribution in [1.29, 1.82) is 0 Å². The maximum absolute atomic E-state index is 12.3. The molecule has 0 radical (unpaired) electrons. The molecule has 7 heteroatoms. The van der Waals surface area contributed by atoms with Gasteiger partial charge in [-0.15, -0.1) is 11.3 Å². The molecule has 0 spiro atoms. The standard InChI is InChI=1S/C22H26N4O2S/c1-16-13-19(29-15-16)22-24-20(25-28-22)21(27)23-10-7-17-8-11-26(12-9-17)14-18-5-3-2-4-6-18/h2-6,13,15,17H,7-12,14H2,1H3,(H,23,27). The number of likely N-dealkylation sites (tertiary alicyclic amines) is 1. The lowest BCUT2D eigenvalue weighted by Crippen LogP contribution is -2.35. The van der Waals surface area contributed by atoms with Crippen molar-refractivity contribution in [3.63, 3.8) is 0 Å². The third-order valence-electron chi connectivity index (χ3n) is 5.36. The Morgan fingerprint density at radius 2 is 2.07 bits per heavy atom. The molecule has 152 valence electrons. The lowest BCUT2D eigenvalue weighted by atomic mass is 9.93. The van der Waals surface area contributed by atoms with Crippen molar-refractivity contribution in [2.24, 2.45) is 5.92 Å². The van der Waals surface area contributed by atoms with E-state index in [2.05, 4.69) is 50.7 Å². The highest BCUT2D eigenvalue weighted by Gasteiger charge is 2.20. The summed E-state index contributed by atoms with van der Waals surface area (Å²) in [5, 5.41) is 8.77. The molecule has 1 aliphatic rings. The van der Waals surface area contributed by atoms with Crippen molar-refractivity contribution in [2.45, 2.75) is 32.7 Å². The topological polar surface area (TPSA) is 71.3 Å². The first-order chi connectivity index (χ1) is 14.2. The van der Waals surface area contributed by atoms with Crippen LogP contribution in [0.25, 0.3) is 10.8 Å². The molecule has 2 aromatic heterocycles. The van der Waals surface area contributed by atoms with Crippen LogP contribution in [0.3, 0.4) is 0 Å². The average molecular weight is 411 g/mol. The van der Waals surface area contributed by atoms with Gasteiger partial charge in [0.2, 0.25) is 0 Å². The molecule has 0 saturated carbocycles. The largest absolute Gasteiger partial charge is 0.349 e. The molecule has 4 rings (SSSR count). The summed E-state index contributed by atoms with van der Waals surface area (Å²) in [6.45, 7) is 5.90. The fraction of sp³-hybridized carbons (Fsp3) is 0.409. The zero-order valence-electron chi connectivity index (χ0n) is 16.6. The van der Waals surface area contributed by atoms with E-state index in [-0.39, 0.29) is 11.7 Å². The molecule has 3 heterocycles. The molecule has 1 aliphatic heterocycles. The van der Waals surface area contributed by atoms with Gasteiger partial charge in [0.1, 0.15) is 0 Å².